The molecule has 19 heavy (non-hydrogen) atoms. The highest BCUT2D eigenvalue weighted by molar-refractivity contribution is 5.66. The van der Waals surface area contributed by atoms with Gasteiger partial charge in [-0.25, -0.2) is 0 Å². The van der Waals surface area contributed by atoms with Crippen molar-refractivity contribution in [2.45, 2.75) is 26.3 Å². The molecule has 1 aromatic carbocycles. The molecule has 0 atom stereocenters. The van der Waals surface area contributed by atoms with Crippen LogP contribution in [0.1, 0.15) is 24.5 Å². The maximum atomic E-state index is 10.6. The molecule has 0 saturated heterocycles. The lowest BCUT2D eigenvalue weighted by Crippen LogP contribution is -2.25. The zero-order valence-corrected chi connectivity index (χ0v) is 11.7. The van der Waals surface area contributed by atoms with E-state index in [4.69, 9.17) is 5.11 Å². The summed E-state index contributed by atoms with van der Waals surface area (Å²) in [5.41, 5.74) is 4.02. The number of benzene rings is 1. The van der Waals surface area contributed by atoms with Crippen molar-refractivity contribution < 1.29 is 9.90 Å². The topological polar surface area (TPSA) is 43.8 Å². The van der Waals surface area contributed by atoms with E-state index in [2.05, 4.69) is 42.0 Å². The second kappa shape index (κ2) is 6.06. The Balaban J connectivity index is 2.00. The van der Waals surface area contributed by atoms with Gasteiger partial charge in [0, 0.05) is 32.4 Å². The maximum absolute atomic E-state index is 10.6. The highest BCUT2D eigenvalue weighted by Crippen LogP contribution is 2.27. The van der Waals surface area contributed by atoms with Crippen LogP contribution in [0.15, 0.2) is 18.2 Å². The maximum Gasteiger partial charge on any atom is 0.304 e. The average Bonchev–Trinajstić information content (AvgIpc) is 2.75. The molecular formula is C15H22N2O2. The fourth-order valence-corrected chi connectivity index (χ4v) is 2.58. The minimum absolute atomic E-state index is 0.210. The number of nitrogens with zero attached hydrogens (tertiary/aromatic N) is 2. The second-order valence-electron chi connectivity index (χ2n) is 5.15. The first kappa shape index (κ1) is 13.9. The summed E-state index contributed by atoms with van der Waals surface area (Å²) in [6.07, 6.45) is 1.32. The van der Waals surface area contributed by atoms with Gasteiger partial charge in [0.15, 0.2) is 0 Å². The van der Waals surface area contributed by atoms with E-state index < -0.39 is 5.97 Å². The first-order valence-corrected chi connectivity index (χ1v) is 6.87. The number of rotatable bonds is 6. The van der Waals surface area contributed by atoms with Crippen LogP contribution in [0, 0.1) is 0 Å². The van der Waals surface area contributed by atoms with Crippen LogP contribution in [0.3, 0.4) is 0 Å². The molecule has 0 aliphatic carbocycles. The Hall–Kier alpha value is -1.55. The summed E-state index contributed by atoms with van der Waals surface area (Å²) >= 11 is 0. The number of carbonyl (C=O) groups is 1. The molecule has 1 aliphatic rings. The largest absolute Gasteiger partial charge is 0.481 e. The summed E-state index contributed by atoms with van der Waals surface area (Å²) in [5.74, 6) is -0.728. The van der Waals surface area contributed by atoms with Crippen LogP contribution < -0.4 is 4.90 Å². The monoisotopic (exact) mass is 262 g/mol. The van der Waals surface area contributed by atoms with Crippen molar-refractivity contribution in [3.8, 4) is 0 Å². The quantitative estimate of drug-likeness (QED) is 0.851. The molecule has 1 heterocycles. The van der Waals surface area contributed by atoms with Crippen LogP contribution in [0.25, 0.3) is 0 Å². The molecule has 104 valence electrons. The van der Waals surface area contributed by atoms with Crippen LogP contribution >= 0.6 is 0 Å². The molecule has 1 N–H and O–H groups in total. The summed E-state index contributed by atoms with van der Waals surface area (Å²) in [7, 11) is 2.12. The first-order chi connectivity index (χ1) is 9.10. The van der Waals surface area contributed by atoms with Crippen molar-refractivity contribution in [1.82, 2.24) is 4.90 Å². The summed E-state index contributed by atoms with van der Waals surface area (Å²) < 4.78 is 0. The number of anilines is 1. The zero-order valence-electron chi connectivity index (χ0n) is 11.7. The fraction of sp³-hybridized carbons (Fsp3) is 0.533. The molecule has 4 heteroatoms. The second-order valence-corrected chi connectivity index (χ2v) is 5.15. The number of carboxylic acids is 1. The van der Waals surface area contributed by atoms with Crippen LogP contribution in [-0.2, 0) is 17.8 Å². The Bertz CT molecular complexity index is 459. The lowest BCUT2D eigenvalue weighted by atomic mass is 10.1. The smallest absolute Gasteiger partial charge is 0.304 e. The van der Waals surface area contributed by atoms with E-state index in [0.29, 0.717) is 6.54 Å². The molecular weight excluding hydrogens is 240 g/mol. The van der Waals surface area contributed by atoms with Gasteiger partial charge in [0.25, 0.3) is 0 Å². The molecule has 1 aliphatic heterocycles. The molecule has 0 fully saturated rings. The molecule has 4 nitrogen and oxygen atoms in total. The predicted molar refractivity (Wildman–Crippen MR) is 76.6 cm³/mol. The van der Waals surface area contributed by atoms with Gasteiger partial charge in [0.05, 0.1) is 6.42 Å². The van der Waals surface area contributed by atoms with Crippen LogP contribution in [-0.4, -0.2) is 42.7 Å². The van der Waals surface area contributed by atoms with Crippen LogP contribution in [0.5, 0.6) is 0 Å². The van der Waals surface area contributed by atoms with E-state index in [-0.39, 0.29) is 6.42 Å². The first-order valence-electron chi connectivity index (χ1n) is 6.87. The van der Waals surface area contributed by atoms with E-state index in [1.165, 1.54) is 16.8 Å². The molecule has 0 unspecified atom stereocenters. The van der Waals surface area contributed by atoms with E-state index in [9.17, 15) is 4.79 Å². The predicted octanol–water partition coefficient (Wildman–Crippen LogP) is 1.98. The van der Waals surface area contributed by atoms with Gasteiger partial charge in [-0.15, -0.1) is 0 Å². The summed E-state index contributed by atoms with van der Waals surface area (Å²) in [6.45, 7) is 5.49. The molecule has 0 aromatic heterocycles. The van der Waals surface area contributed by atoms with Crippen molar-refractivity contribution in [1.29, 1.82) is 0 Å². The third-order valence-electron chi connectivity index (χ3n) is 3.77. The average molecular weight is 262 g/mol. The van der Waals surface area contributed by atoms with Crippen molar-refractivity contribution >= 4 is 11.7 Å². The fourth-order valence-electron chi connectivity index (χ4n) is 2.58. The van der Waals surface area contributed by atoms with E-state index in [1.807, 2.05) is 0 Å². The molecule has 0 spiro atoms. The number of hydrogen-bond donors (Lipinski definition) is 1. The summed E-state index contributed by atoms with van der Waals surface area (Å²) in [5, 5.41) is 8.75. The summed E-state index contributed by atoms with van der Waals surface area (Å²) in [6, 6.07) is 6.61. The SMILES string of the molecule is CCN(CCC(=O)O)Cc1ccc2c(c1)CCN2C. The third-order valence-corrected chi connectivity index (χ3v) is 3.77. The molecule has 2 rings (SSSR count). The number of hydrogen-bond acceptors (Lipinski definition) is 3. The van der Waals surface area contributed by atoms with Gasteiger partial charge < -0.3 is 10.0 Å². The number of likely N-dealkylation sites (N-methyl/N-ethyl adjacent to an activating group) is 1. The van der Waals surface area contributed by atoms with E-state index in [1.54, 1.807) is 0 Å². The van der Waals surface area contributed by atoms with Gasteiger partial charge in [-0.05, 0) is 30.2 Å². The number of fused-ring (bicyclic) bond motifs is 1. The van der Waals surface area contributed by atoms with Gasteiger partial charge in [0.2, 0.25) is 0 Å². The molecule has 1 aromatic rings. The van der Waals surface area contributed by atoms with Gasteiger partial charge in [0.1, 0.15) is 0 Å². The molecule has 0 saturated carbocycles. The molecule has 0 amide bonds. The van der Waals surface area contributed by atoms with Gasteiger partial charge in [-0.3, -0.25) is 9.69 Å². The minimum atomic E-state index is -0.728. The van der Waals surface area contributed by atoms with E-state index in [0.717, 1.165) is 26.1 Å². The highest BCUT2D eigenvalue weighted by Gasteiger charge is 2.16. The normalized spacial score (nSPS) is 13.9. The molecule has 0 bridgehead atoms. The van der Waals surface area contributed by atoms with Crippen LogP contribution in [0.2, 0.25) is 0 Å². The highest BCUT2D eigenvalue weighted by atomic mass is 16.4. The Morgan fingerprint density at radius 1 is 1.47 bits per heavy atom. The van der Waals surface area contributed by atoms with Gasteiger partial charge in [-0.1, -0.05) is 19.1 Å². The third kappa shape index (κ3) is 3.47. The van der Waals surface area contributed by atoms with Crippen molar-refractivity contribution in [3.05, 3.63) is 29.3 Å². The van der Waals surface area contributed by atoms with Gasteiger partial charge in [-0.2, -0.15) is 0 Å². The van der Waals surface area contributed by atoms with Gasteiger partial charge >= 0.3 is 5.97 Å². The van der Waals surface area contributed by atoms with Crippen molar-refractivity contribution in [3.63, 3.8) is 0 Å². The Kier molecular flexibility index (Phi) is 4.43. The minimum Gasteiger partial charge on any atom is -0.481 e. The standard InChI is InChI=1S/C15H22N2O2/c1-3-17(9-7-15(18)19)11-12-4-5-14-13(10-12)6-8-16(14)2/h4-5,10H,3,6-9,11H2,1-2H3,(H,18,19). The van der Waals surface area contributed by atoms with E-state index >= 15 is 0 Å². The number of carboxylic acid groups (broad SMARTS) is 1. The Morgan fingerprint density at radius 3 is 2.95 bits per heavy atom. The molecule has 0 radical (unpaired) electrons. The lowest BCUT2D eigenvalue weighted by Gasteiger charge is -2.20. The summed E-state index contributed by atoms with van der Waals surface area (Å²) in [4.78, 5) is 15.1. The van der Waals surface area contributed by atoms with Crippen molar-refractivity contribution in [2.24, 2.45) is 0 Å². The lowest BCUT2D eigenvalue weighted by molar-refractivity contribution is -0.137. The zero-order chi connectivity index (χ0) is 13.8. The van der Waals surface area contributed by atoms with Crippen LogP contribution in [0.4, 0.5) is 5.69 Å². The Labute approximate surface area is 114 Å². The number of aliphatic carboxylic acids is 1. The Morgan fingerprint density at radius 2 is 2.26 bits per heavy atom. The van der Waals surface area contributed by atoms with Crippen molar-refractivity contribution in [2.75, 3.05) is 31.6 Å².